The fraction of sp³-hybridized carbons (Fsp3) is 0.609. The van der Waals surface area contributed by atoms with Gasteiger partial charge in [-0.3, -0.25) is 9.59 Å². The molecular formula is C23H29F5N4O4. The third-order valence-electron chi connectivity index (χ3n) is 6.43. The fourth-order valence-electron chi connectivity index (χ4n) is 4.46. The second-order valence-corrected chi connectivity index (χ2v) is 9.35. The van der Waals surface area contributed by atoms with Crippen molar-refractivity contribution < 1.29 is 41.1 Å². The minimum atomic E-state index is -4.73. The van der Waals surface area contributed by atoms with Gasteiger partial charge in [0.25, 0.3) is 11.8 Å². The van der Waals surface area contributed by atoms with Gasteiger partial charge in [-0.15, -0.1) is 0 Å². The first kappa shape index (κ1) is 27.6. The molecule has 200 valence electrons. The lowest BCUT2D eigenvalue weighted by Crippen LogP contribution is -2.54. The van der Waals surface area contributed by atoms with Gasteiger partial charge in [0.15, 0.2) is 5.60 Å². The number of amides is 2. The van der Waals surface area contributed by atoms with Crippen molar-refractivity contribution in [2.75, 3.05) is 36.5 Å². The summed E-state index contributed by atoms with van der Waals surface area (Å²) in [5.74, 6) is -2.29. The Morgan fingerprint density at radius 1 is 1.33 bits per heavy atom. The average molecular weight is 520 g/mol. The summed E-state index contributed by atoms with van der Waals surface area (Å²) in [6.07, 6.45) is -5.71. The number of hydrogen-bond acceptors (Lipinski definition) is 6. The van der Waals surface area contributed by atoms with Crippen molar-refractivity contribution >= 4 is 29.5 Å². The molecule has 2 aliphatic heterocycles. The average Bonchev–Trinajstić information content (AvgIpc) is 2.80. The number of piperidine rings is 1. The van der Waals surface area contributed by atoms with Crippen molar-refractivity contribution in [3.63, 3.8) is 0 Å². The van der Waals surface area contributed by atoms with Crippen molar-refractivity contribution in [2.24, 2.45) is 0 Å². The summed E-state index contributed by atoms with van der Waals surface area (Å²) in [5, 5.41) is 5.17. The maximum absolute atomic E-state index is 14.1. The Morgan fingerprint density at radius 3 is 2.58 bits per heavy atom. The van der Waals surface area contributed by atoms with Crippen LogP contribution in [-0.2, 0) is 20.6 Å². The monoisotopic (exact) mass is 520 g/mol. The first-order chi connectivity index (χ1) is 16.8. The number of alkyl halides is 5. The maximum Gasteiger partial charge on any atom is 0.418 e. The standard InChI is InChI=1S/C23H29F5N4O4/c1-22(2)21(35)32(8-7-29-20(34)19(24)25)17-11-16(15(23(26,27)28)10-18(17)36-22)31(3)14-5-4-13(6-9-33)30-12-14/h9-11,13-14,19,30H,4-8,12H2,1-3H3,(H,29,34)/t13-,14-/m1/s1. The van der Waals surface area contributed by atoms with Gasteiger partial charge in [0.2, 0.25) is 0 Å². The summed E-state index contributed by atoms with van der Waals surface area (Å²) in [5.41, 5.74) is -2.60. The van der Waals surface area contributed by atoms with Crippen molar-refractivity contribution in [3.05, 3.63) is 17.7 Å². The van der Waals surface area contributed by atoms with Crippen LogP contribution < -0.4 is 25.2 Å². The summed E-state index contributed by atoms with van der Waals surface area (Å²) in [6, 6.07) is 1.69. The quantitative estimate of drug-likeness (QED) is 0.405. The Hall–Kier alpha value is -2.96. The number of halogens is 5. The Bertz CT molecular complexity index is 993. The molecule has 13 heteroatoms. The van der Waals surface area contributed by atoms with Crippen LogP contribution in [-0.4, -0.2) is 68.9 Å². The molecule has 2 N–H and O–H groups in total. The van der Waals surface area contributed by atoms with Crippen LogP contribution in [0.25, 0.3) is 0 Å². The van der Waals surface area contributed by atoms with E-state index in [1.54, 1.807) is 0 Å². The molecule has 2 aliphatic rings. The molecule has 0 saturated carbocycles. The van der Waals surface area contributed by atoms with E-state index in [1.807, 2.05) is 5.32 Å². The Kier molecular flexibility index (Phi) is 8.11. The second-order valence-electron chi connectivity index (χ2n) is 9.35. The molecule has 0 radical (unpaired) electrons. The molecule has 1 saturated heterocycles. The van der Waals surface area contributed by atoms with Crippen LogP contribution in [0.3, 0.4) is 0 Å². The molecule has 1 aromatic rings. The van der Waals surface area contributed by atoms with Gasteiger partial charge < -0.3 is 30.0 Å². The van der Waals surface area contributed by atoms with Crippen LogP contribution in [0.4, 0.5) is 33.3 Å². The number of nitrogens with one attached hydrogen (secondary N) is 2. The third kappa shape index (κ3) is 5.88. The number of aldehydes is 1. The molecule has 0 aromatic heterocycles. The van der Waals surface area contributed by atoms with Crippen LogP contribution in [0.5, 0.6) is 5.75 Å². The van der Waals surface area contributed by atoms with E-state index in [9.17, 15) is 36.3 Å². The van der Waals surface area contributed by atoms with Gasteiger partial charge in [-0.05, 0) is 38.8 Å². The molecule has 2 heterocycles. The lowest BCUT2D eigenvalue weighted by molar-refractivity contribution is -0.137. The fourth-order valence-corrected chi connectivity index (χ4v) is 4.46. The molecule has 2 atom stereocenters. The highest BCUT2D eigenvalue weighted by molar-refractivity contribution is 6.03. The first-order valence-electron chi connectivity index (χ1n) is 11.5. The third-order valence-corrected chi connectivity index (χ3v) is 6.43. The van der Waals surface area contributed by atoms with Gasteiger partial charge in [-0.25, -0.2) is 0 Å². The molecule has 36 heavy (non-hydrogen) atoms. The molecule has 3 rings (SSSR count). The number of carbonyl (C=O) groups is 3. The summed E-state index contributed by atoms with van der Waals surface area (Å²) in [6.45, 7) is 2.56. The van der Waals surface area contributed by atoms with E-state index in [2.05, 4.69) is 5.32 Å². The Labute approximate surface area is 205 Å². The molecule has 2 amide bonds. The number of hydrogen-bond donors (Lipinski definition) is 2. The van der Waals surface area contributed by atoms with Crippen molar-refractivity contribution in [1.82, 2.24) is 10.6 Å². The maximum atomic E-state index is 14.1. The predicted octanol–water partition coefficient (Wildman–Crippen LogP) is 2.74. The zero-order valence-corrected chi connectivity index (χ0v) is 20.1. The smallest absolute Gasteiger partial charge is 0.418 e. The van der Waals surface area contributed by atoms with E-state index in [4.69, 9.17) is 4.74 Å². The van der Waals surface area contributed by atoms with Crippen LogP contribution in [0.1, 0.15) is 38.7 Å². The predicted molar refractivity (Wildman–Crippen MR) is 121 cm³/mol. The molecule has 0 aliphatic carbocycles. The van der Waals surface area contributed by atoms with Gasteiger partial charge in [0.1, 0.15) is 12.0 Å². The molecule has 0 unspecified atom stereocenters. The van der Waals surface area contributed by atoms with Crippen LogP contribution in [0.15, 0.2) is 12.1 Å². The number of likely N-dealkylation sites (N-methyl/N-ethyl adjacent to an activating group) is 1. The Balaban J connectivity index is 1.97. The number of carbonyl (C=O) groups excluding carboxylic acids is 3. The van der Waals surface area contributed by atoms with Crippen LogP contribution in [0.2, 0.25) is 0 Å². The van der Waals surface area contributed by atoms with Gasteiger partial charge in [-0.2, -0.15) is 22.0 Å². The first-order valence-corrected chi connectivity index (χ1v) is 11.5. The van der Waals surface area contributed by atoms with Crippen molar-refractivity contribution in [3.8, 4) is 5.75 Å². The molecule has 1 fully saturated rings. The number of anilines is 2. The largest absolute Gasteiger partial charge is 0.476 e. The highest BCUT2D eigenvalue weighted by Gasteiger charge is 2.44. The molecular weight excluding hydrogens is 491 g/mol. The minimum Gasteiger partial charge on any atom is -0.476 e. The minimum absolute atomic E-state index is 0.0371. The molecule has 8 nitrogen and oxygen atoms in total. The summed E-state index contributed by atoms with van der Waals surface area (Å²) >= 11 is 0. The number of fused-ring (bicyclic) bond motifs is 1. The lowest BCUT2D eigenvalue weighted by Gasteiger charge is -2.41. The molecule has 0 spiro atoms. The molecule has 1 aromatic carbocycles. The molecule has 0 bridgehead atoms. The van der Waals surface area contributed by atoms with Gasteiger partial charge in [-0.1, -0.05) is 0 Å². The van der Waals surface area contributed by atoms with E-state index in [0.717, 1.165) is 17.3 Å². The van der Waals surface area contributed by atoms with Crippen molar-refractivity contribution in [2.45, 2.75) is 63.4 Å². The lowest BCUT2D eigenvalue weighted by atomic mass is 9.96. The number of nitrogens with zero attached hydrogens (tertiary/aromatic N) is 2. The number of rotatable bonds is 8. The second kappa shape index (κ2) is 10.6. The van der Waals surface area contributed by atoms with E-state index < -0.39 is 35.6 Å². The topological polar surface area (TPSA) is 91.0 Å². The Morgan fingerprint density at radius 2 is 2.03 bits per heavy atom. The van der Waals surface area contributed by atoms with Gasteiger partial charge in [0, 0.05) is 45.2 Å². The van der Waals surface area contributed by atoms with E-state index in [-0.39, 0.29) is 42.3 Å². The van der Waals surface area contributed by atoms with Crippen molar-refractivity contribution in [1.29, 1.82) is 0 Å². The zero-order chi connectivity index (χ0) is 26.8. The highest BCUT2D eigenvalue weighted by Crippen LogP contribution is 2.47. The van der Waals surface area contributed by atoms with E-state index >= 15 is 0 Å². The summed E-state index contributed by atoms with van der Waals surface area (Å²) < 4.78 is 73.0. The van der Waals surface area contributed by atoms with E-state index in [0.29, 0.717) is 25.8 Å². The summed E-state index contributed by atoms with van der Waals surface area (Å²) in [4.78, 5) is 37.7. The summed E-state index contributed by atoms with van der Waals surface area (Å²) in [7, 11) is 1.52. The normalized spacial score (nSPS) is 21.6. The van der Waals surface area contributed by atoms with Crippen LogP contribution >= 0.6 is 0 Å². The van der Waals surface area contributed by atoms with E-state index in [1.165, 1.54) is 31.9 Å². The number of ether oxygens (including phenoxy) is 1. The SMILES string of the molecule is CN(c1cc2c(cc1C(F)(F)F)OC(C)(C)C(=O)N2CCNC(=O)C(F)F)[C@@H]1CC[C@H](CC=O)NC1. The van der Waals surface area contributed by atoms with Crippen LogP contribution in [0, 0.1) is 0 Å². The zero-order valence-electron chi connectivity index (χ0n) is 20.1. The van der Waals surface area contributed by atoms with Gasteiger partial charge in [0.05, 0.1) is 16.9 Å². The number of benzene rings is 1. The van der Waals surface area contributed by atoms with Gasteiger partial charge >= 0.3 is 12.6 Å². The highest BCUT2D eigenvalue weighted by atomic mass is 19.4.